The fraction of sp³-hybridized carbons (Fsp3) is 1.00. The van der Waals surface area contributed by atoms with Gasteiger partial charge >= 0.3 is 0 Å². The Balaban J connectivity index is 1.80. The van der Waals surface area contributed by atoms with Gasteiger partial charge in [-0.2, -0.15) is 0 Å². The van der Waals surface area contributed by atoms with E-state index < -0.39 is 0 Å². The lowest BCUT2D eigenvalue weighted by Crippen LogP contribution is -2.49. The summed E-state index contributed by atoms with van der Waals surface area (Å²) in [5, 5.41) is 3.47. The molecule has 1 aliphatic carbocycles. The van der Waals surface area contributed by atoms with Crippen molar-refractivity contribution in [2.75, 3.05) is 34.2 Å². The lowest BCUT2D eigenvalue weighted by atomic mass is 9.88. The molecule has 100 valence electrons. The van der Waals surface area contributed by atoms with E-state index in [0.717, 1.165) is 18.1 Å². The van der Waals surface area contributed by atoms with Crippen molar-refractivity contribution in [1.29, 1.82) is 0 Å². The second-order valence-electron chi connectivity index (χ2n) is 6.04. The Labute approximate surface area is 107 Å². The number of hydrogen-bond donors (Lipinski definition) is 1. The maximum atomic E-state index is 3.47. The summed E-state index contributed by atoms with van der Waals surface area (Å²) in [6, 6.07) is 2.43. The lowest BCUT2D eigenvalue weighted by Gasteiger charge is -2.42. The van der Waals surface area contributed by atoms with Gasteiger partial charge in [0.15, 0.2) is 0 Å². The molecule has 0 aromatic carbocycles. The zero-order valence-corrected chi connectivity index (χ0v) is 11.8. The van der Waals surface area contributed by atoms with Crippen molar-refractivity contribution >= 4 is 0 Å². The molecule has 0 aromatic rings. The summed E-state index contributed by atoms with van der Waals surface area (Å²) in [5.74, 6) is 0. The molecule has 0 radical (unpaired) electrons. The molecule has 1 aliphatic heterocycles. The molecule has 1 N–H and O–H groups in total. The van der Waals surface area contributed by atoms with E-state index in [1.807, 2.05) is 0 Å². The van der Waals surface area contributed by atoms with Crippen LogP contribution in [0.4, 0.5) is 0 Å². The van der Waals surface area contributed by atoms with Crippen LogP contribution in [0.15, 0.2) is 0 Å². The summed E-state index contributed by atoms with van der Waals surface area (Å²) in [6.45, 7) is 2.62. The maximum absolute atomic E-state index is 3.47. The highest BCUT2D eigenvalue weighted by atomic mass is 15.2. The fourth-order valence-corrected chi connectivity index (χ4v) is 3.53. The van der Waals surface area contributed by atoms with E-state index in [1.165, 1.54) is 51.6 Å². The molecule has 0 unspecified atom stereocenters. The monoisotopic (exact) mass is 239 g/mol. The van der Waals surface area contributed by atoms with E-state index in [9.17, 15) is 0 Å². The van der Waals surface area contributed by atoms with Crippen LogP contribution in [0.1, 0.15) is 38.5 Å². The minimum absolute atomic E-state index is 0.764. The van der Waals surface area contributed by atoms with Gasteiger partial charge in [-0.05, 0) is 66.3 Å². The van der Waals surface area contributed by atoms with Gasteiger partial charge in [-0.1, -0.05) is 6.42 Å². The normalized spacial score (nSPS) is 33.2. The number of nitrogens with zero attached hydrogens (tertiary/aromatic N) is 2. The first-order chi connectivity index (χ1) is 8.20. The SMILES string of the molecule is CN[C@@H]1CCC[C@H](N2CCC(N(C)C)CC2)C1. The van der Waals surface area contributed by atoms with Gasteiger partial charge in [-0.3, -0.25) is 0 Å². The smallest absolute Gasteiger partial charge is 0.0113 e. The van der Waals surface area contributed by atoms with E-state index in [4.69, 9.17) is 0 Å². The van der Waals surface area contributed by atoms with Gasteiger partial charge in [0.25, 0.3) is 0 Å². The summed E-state index contributed by atoms with van der Waals surface area (Å²) in [4.78, 5) is 5.15. The van der Waals surface area contributed by atoms with Crippen molar-refractivity contribution in [3.63, 3.8) is 0 Å². The molecule has 1 saturated carbocycles. The number of nitrogens with one attached hydrogen (secondary N) is 1. The molecule has 0 bridgehead atoms. The van der Waals surface area contributed by atoms with Crippen molar-refractivity contribution < 1.29 is 0 Å². The van der Waals surface area contributed by atoms with Crippen molar-refractivity contribution in [1.82, 2.24) is 15.1 Å². The molecule has 1 saturated heterocycles. The summed E-state index contributed by atoms with van der Waals surface area (Å²) in [5.41, 5.74) is 0. The van der Waals surface area contributed by atoms with Crippen LogP contribution in [-0.4, -0.2) is 62.2 Å². The van der Waals surface area contributed by atoms with Gasteiger partial charge in [0.2, 0.25) is 0 Å². The molecule has 1 heterocycles. The van der Waals surface area contributed by atoms with Gasteiger partial charge in [0.1, 0.15) is 0 Å². The molecule has 2 atom stereocenters. The number of likely N-dealkylation sites (tertiary alicyclic amines) is 1. The standard InChI is InChI=1S/C14H29N3/c1-15-12-5-4-6-14(11-12)17-9-7-13(8-10-17)16(2)3/h12-15H,4-11H2,1-3H3/t12-,14+/m1/s1. The highest BCUT2D eigenvalue weighted by Crippen LogP contribution is 2.26. The Morgan fingerprint density at radius 2 is 1.76 bits per heavy atom. The third-order valence-corrected chi connectivity index (χ3v) is 4.80. The number of hydrogen-bond acceptors (Lipinski definition) is 3. The lowest BCUT2D eigenvalue weighted by molar-refractivity contribution is 0.0826. The largest absolute Gasteiger partial charge is 0.317 e. The Kier molecular flexibility index (Phi) is 4.83. The minimum Gasteiger partial charge on any atom is -0.317 e. The van der Waals surface area contributed by atoms with E-state index in [-0.39, 0.29) is 0 Å². The zero-order chi connectivity index (χ0) is 12.3. The summed E-state index contributed by atoms with van der Waals surface area (Å²) < 4.78 is 0. The van der Waals surface area contributed by atoms with Crippen molar-refractivity contribution in [2.45, 2.75) is 56.7 Å². The average molecular weight is 239 g/mol. The van der Waals surface area contributed by atoms with Crippen LogP contribution in [0.2, 0.25) is 0 Å². The number of rotatable bonds is 3. The summed E-state index contributed by atoms with van der Waals surface area (Å²) in [7, 11) is 6.56. The van der Waals surface area contributed by atoms with Crippen molar-refractivity contribution in [3.05, 3.63) is 0 Å². The van der Waals surface area contributed by atoms with E-state index in [2.05, 4.69) is 36.3 Å². The predicted octanol–water partition coefficient (Wildman–Crippen LogP) is 1.54. The summed E-state index contributed by atoms with van der Waals surface area (Å²) in [6.07, 6.45) is 8.28. The third-order valence-electron chi connectivity index (χ3n) is 4.80. The second-order valence-corrected chi connectivity index (χ2v) is 6.04. The first-order valence-electron chi connectivity index (χ1n) is 7.28. The second kappa shape index (κ2) is 6.17. The third kappa shape index (κ3) is 3.43. The zero-order valence-electron chi connectivity index (χ0n) is 11.8. The topological polar surface area (TPSA) is 18.5 Å². The predicted molar refractivity (Wildman–Crippen MR) is 73.4 cm³/mol. The van der Waals surface area contributed by atoms with Gasteiger partial charge < -0.3 is 15.1 Å². The first kappa shape index (κ1) is 13.3. The van der Waals surface area contributed by atoms with Crippen LogP contribution >= 0.6 is 0 Å². The average Bonchev–Trinajstić information content (AvgIpc) is 2.39. The maximum Gasteiger partial charge on any atom is 0.0113 e. The summed E-state index contributed by atoms with van der Waals surface area (Å²) >= 11 is 0. The Morgan fingerprint density at radius 3 is 2.35 bits per heavy atom. The van der Waals surface area contributed by atoms with Crippen molar-refractivity contribution in [2.24, 2.45) is 0 Å². The Hall–Kier alpha value is -0.120. The molecule has 3 nitrogen and oxygen atoms in total. The Bertz CT molecular complexity index is 222. The molecule has 2 aliphatic rings. The molecule has 0 spiro atoms. The molecule has 17 heavy (non-hydrogen) atoms. The van der Waals surface area contributed by atoms with E-state index in [1.54, 1.807) is 0 Å². The molecule has 0 amide bonds. The van der Waals surface area contributed by atoms with Crippen LogP contribution < -0.4 is 5.32 Å². The molecule has 2 fully saturated rings. The van der Waals surface area contributed by atoms with Crippen LogP contribution in [0.25, 0.3) is 0 Å². The fourth-order valence-electron chi connectivity index (χ4n) is 3.53. The van der Waals surface area contributed by atoms with Crippen LogP contribution in [0.3, 0.4) is 0 Å². The van der Waals surface area contributed by atoms with Crippen LogP contribution in [0.5, 0.6) is 0 Å². The van der Waals surface area contributed by atoms with Crippen LogP contribution in [-0.2, 0) is 0 Å². The van der Waals surface area contributed by atoms with E-state index in [0.29, 0.717) is 0 Å². The highest BCUT2D eigenvalue weighted by Gasteiger charge is 2.29. The molecule has 0 aromatic heterocycles. The van der Waals surface area contributed by atoms with Gasteiger partial charge in [-0.25, -0.2) is 0 Å². The molecule has 2 rings (SSSR count). The Morgan fingerprint density at radius 1 is 1.06 bits per heavy atom. The van der Waals surface area contributed by atoms with E-state index >= 15 is 0 Å². The highest BCUT2D eigenvalue weighted by molar-refractivity contribution is 4.87. The molecular weight excluding hydrogens is 210 g/mol. The van der Waals surface area contributed by atoms with Gasteiger partial charge in [-0.15, -0.1) is 0 Å². The molecular formula is C14H29N3. The minimum atomic E-state index is 0.764. The quantitative estimate of drug-likeness (QED) is 0.806. The van der Waals surface area contributed by atoms with Crippen LogP contribution in [0, 0.1) is 0 Å². The molecule has 3 heteroatoms. The number of piperidine rings is 1. The van der Waals surface area contributed by atoms with Gasteiger partial charge in [0.05, 0.1) is 0 Å². The van der Waals surface area contributed by atoms with Gasteiger partial charge in [0, 0.05) is 18.1 Å². The first-order valence-corrected chi connectivity index (χ1v) is 7.28. The van der Waals surface area contributed by atoms with Crippen molar-refractivity contribution in [3.8, 4) is 0 Å².